The number of hydrogen-bond acceptors (Lipinski definition) is 3. The molecule has 0 heterocycles. The molecular weight excluding hydrogens is 204 g/mol. The Labute approximate surface area is 96.9 Å². The van der Waals surface area contributed by atoms with Gasteiger partial charge < -0.3 is 10.2 Å². The van der Waals surface area contributed by atoms with E-state index in [0.29, 0.717) is 25.7 Å². The molecule has 0 saturated heterocycles. The Hall–Kier alpha value is -0.410. The van der Waals surface area contributed by atoms with Gasteiger partial charge in [-0.3, -0.25) is 4.79 Å². The van der Waals surface area contributed by atoms with E-state index in [-0.39, 0.29) is 5.78 Å². The van der Waals surface area contributed by atoms with Crippen molar-refractivity contribution in [2.75, 3.05) is 0 Å². The first kappa shape index (κ1) is 12.1. The van der Waals surface area contributed by atoms with E-state index < -0.39 is 11.2 Å². The molecular formula is C13H22O3. The molecule has 0 aromatic heterocycles. The van der Waals surface area contributed by atoms with Gasteiger partial charge in [-0.25, -0.2) is 0 Å². The third-order valence-electron chi connectivity index (χ3n) is 4.21. The first-order chi connectivity index (χ1) is 7.57. The fraction of sp³-hybridized carbons (Fsp3) is 0.923. The van der Waals surface area contributed by atoms with Crippen molar-refractivity contribution >= 4 is 5.78 Å². The Morgan fingerprint density at radius 1 is 0.688 bits per heavy atom. The first-order valence-electron chi connectivity index (χ1n) is 6.57. The van der Waals surface area contributed by atoms with Crippen LogP contribution in [0, 0.1) is 0 Å². The summed E-state index contributed by atoms with van der Waals surface area (Å²) in [5.41, 5.74) is -2.46. The van der Waals surface area contributed by atoms with Gasteiger partial charge in [-0.15, -0.1) is 0 Å². The molecule has 3 nitrogen and oxygen atoms in total. The lowest BCUT2D eigenvalue weighted by molar-refractivity contribution is -0.163. The van der Waals surface area contributed by atoms with Gasteiger partial charge in [0, 0.05) is 0 Å². The van der Waals surface area contributed by atoms with E-state index in [0.717, 1.165) is 38.5 Å². The molecule has 3 heteroatoms. The van der Waals surface area contributed by atoms with Crippen LogP contribution in [0.1, 0.15) is 64.2 Å². The summed E-state index contributed by atoms with van der Waals surface area (Å²) < 4.78 is 0. The number of ketones is 1. The minimum atomic E-state index is -1.23. The molecule has 2 fully saturated rings. The third-order valence-corrected chi connectivity index (χ3v) is 4.21. The van der Waals surface area contributed by atoms with E-state index in [1.807, 2.05) is 0 Å². The van der Waals surface area contributed by atoms with Gasteiger partial charge >= 0.3 is 0 Å². The third kappa shape index (κ3) is 2.16. The summed E-state index contributed by atoms with van der Waals surface area (Å²) in [6.07, 6.45) is 7.93. The smallest absolute Gasteiger partial charge is 0.195 e. The molecule has 92 valence electrons. The number of aliphatic hydroxyl groups is 2. The zero-order valence-electron chi connectivity index (χ0n) is 9.87. The van der Waals surface area contributed by atoms with E-state index in [9.17, 15) is 15.0 Å². The van der Waals surface area contributed by atoms with Gasteiger partial charge in [0.1, 0.15) is 11.2 Å². The maximum Gasteiger partial charge on any atom is 0.195 e. The second-order valence-corrected chi connectivity index (χ2v) is 5.51. The number of carbonyl (C=O) groups is 1. The summed E-state index contributed by atoms with van der Waals surface area (Å²) in [6.45, 7) is 0. The van der Waals surface area contributed by atoms with Gasteiger partial charge in [-0.2, -0.15) is 0 Å². The molecule has 2 aliphatic carbocycles. The van der Waals surface area contributed by atoms with Crippen LogP contribution >= 0.6 is 0 Å². The molecule has 0 radical (unpaired) electrons. The minimum Gasteiger partial charge on any atom is -0.382 e. The largest absolute Gasteiger partial charge is 0.382 e. The number of hydrogen-bond donors (Lipinski definition) is 2. The van der Waals surface area contributed by atoms with Crippen LogP contribution in [-0.2, 0) is 4.79 Å². The van der Waals surface area contributed by atoms with Gasteiger partial charge in [-0.05, 0) is 25.7 Å². The van der Waals surface area contributed by atoms with Crippen molar-refractivity contribution in [2.24, 2.45) is 0 Å². The van der Waals surface area contributed by atoms with Crippen LogP contribution < -0.4 is 0 Å². The molecule has 16 heavy (non-hydrogen) atoms. The van der Waals surface area contributed by atoms with Crippen molar-refractivity contribution in [3.8, 4) is 0 Å². The number of rotatable bonds is 2. The van der Waals surface area contributed by atoms with Crippen molar-refractivity contribution in [3.05, 3.63) is 0 Å². The Morgan fingerprint density at radius 3 is 1.31 bits per heavy atom. The van der Waals surface area contributed by atoms with E-state index >= 15 is 0 Å². The number of Topliss-reactive ketones (excluding diaryl/α,β-unsaturated/α-hetero) is 1. The highest BCUT2D eigenvalue weighted by molar-refractivity contribution is 5.94. The highest BCUT2D eigenvalue weighted by atomic mass is 16.3. The van der Waals surface area contributed by atoms with E-state index in [1.54, 1.807) is 0 Å². The van der Waals surface area contributed by atoms with Crippen molar-refractivity contribution in [3.63, 3.8) is 0 Å². The van der Waals surface area contributed by atoms with Crippen molar-refractivity contribution in [2.45, 2.75) is 75.4 Å². The van der Waals surface area contributed by atoms with Crippen LogP contribution in [0.4, 0.5) is 0 Å². The van der Waals surface area contributed by atoms with Crippen LogP contribution in [0.2, 0.25) is 0 Å². The minimum absolute atomic E-state index is 0.292. The zero-order chi connectivity index (χ0) is 11.6. The summed E-state index contributed by atoms with van der Waals surface area (Å²) in [5, 5.41) is 20.7. The standard InChI is InChI=1S/C13H22O3/c14-11(12(15)7-3-1-4-8-12)13(16)9-5-2-6-10-13/h15-16H,1-10H2. The maximum atomic E-state index is 12.3. The second kappa shape index (κ2) is 4.46. The fourth-order valence-electron chi connectivity index (χ4n) is 3.16. The summed E-state index contributed by atoms with van der Waals surface area (Å²) >= 11 is 0. The molecule has 0 aromatic rings. The quantitative estimate of drug-likeness (QED) is 0.756. The molecule has 0 atom stereocenters. The molecule has 2 saturated carbocycles. The zero-order valence-corrected chi connectivity index (χ0v) is 9.87. The summed E-state index contributed by atoms with van der Waals surface area (Å²) in [7, 11) is 0. The molecule has 0 amide bonds. The van der Waals surface area contributed by atoms with Crippen molar-refractivity contribution in [1.82, 2.24) is 0 Å². The molecule has 2 rings (SSSR count). The van der Waals surface area contributed by atoms with Crippen molar-refractivity contribution in [1.29, 1.82) is 0 Å². The molecule has 0 spiro atoms. The van der Waals surface area contributed by atoms with Gasteiger partial charge in [0.05, 0.1) is 0 Å². The van der Waals surface area contributed by atoms with Crippen LogP contribution in [0.5, 0.6) is 0 Å². The average molecular weight is 226 g/mol. The molecule has 2 N–H and O–H groups in total. The lowest BCUT2D eigenvalue weighted by atomic mass is 9.71. The SMILES string of the molecule is O=C(C1(O)CCCCC1)C1(O)CCCCC1. The normalized spacial score (nSPS) is 28.6. The Bertz CT molecular complexity index is 234. The second-order valence-electron chi connectivity index (χ2n) is 5.51. The lowest BCUT2D eigenvalue weighted by Crippen LogP contribution is -2.54. The first-order valence-corrected chi connectivity index (χ1v) is 6.57. The van der Waals surface area contributed by atoms with E-state index in [2.05, 4.69) is 0 Å². The fourth-order valence-corrected chi connectivity index (χ4v) is 3.16. The van der Waals surface area contributed by atoms with Crippen LogP contribution in [-0.4, -0.2) is 27.2 Å². The predicted octanol–water partition coefficient (Wildman–Crippen LogP) is 1.95. The number of carbonyl (C=O) groups excluding carboxylic acids is 1. The summed E-state index contributed by atoms with van der Waals surface area (Å²) in [5.74, 6) is -0.292. The Kier molecular flexibility index (Phi) is 3.36. The van der Waals surface area contributed by atoms with Gasteiger partial charge in [-0.1, -0.05) is 38.5 Å². The van der Waals surface area contributed by atoms with Crippen LogP contribution in [0.25, 0.3) is 0 Å². The van der Waals surface area contributed by atoms with Gasteiger partial charge in [0.15, 0.2) is 5.78 Å². The van der Waals surface area contributed by atoms with Gasteiger partial charge in [0.2, 0.25) is 0 Å². The summed E-state index contributed by atoms with van der Waals surface area (Å²) in [4.78, 5) is 12.3. The molecule has 2 aliphatic rings. The van der Waals surface area contributed by atoms with Crippen molar-refractivity contribution < 1.29 is 15.0 Å². The highest BCUT2D eigenvalue weighted by Gasteiger charge is 2.48. The Balaban J connectivity index is 2.10. The summed E-state index contributed by atoms with van der Waals surface area (Å²) in [6, 6.07) is 0. The predicted molar refractivity (Wildman–Crippen MR) is 61.1 cm³/mol. The monoisotopic (exact) mass is 226 g/mol. The maximum absolute atomic E-state index is 12.3. The van der Waals surface area contributed by atoms with E-state index in [1.165, 1.54) is 0 Å². The molecule has 0 bridgehead atoms. The lowest BCUT2D eigenvalue weighted by Gasteiger charge is -2.39. The molecule has 0 unspecified atom stereocenters. The van der Waals surface area contributed by atoms with Gasteiger partial charge in [0.25, 0.3) is 0 Å². The van der Waals surface area contributed by atoms with Crippen LogP contribution in [0.3, 0.4) is 0 Å². The average Bonchev–Trinajstić information content (AvgIpc) is 2.30. The van der Waals surface area contributed by atoms with Crippen LogP contribution in [0.15, 0.2) is 0 Å². The topological polar surface area (TPSA) is 57.5 Å². The molecule has 0 aliphatic heterocycles. The molecule has 0 aromatic carbocycles. The Morgan fingerprint density at radius 2 is 1.00 bits per heavy atom. The highest BCUT2D eigenvalue weighted by Crippen LogP contribution is 2.37. The van der Waals surface area contributed by atoms with E-state index in [4.69, 9.17) is 0 Å².